The number of carbonyl (C=O) groups is 4. The van der Waals surface area contributed by atoms with Gasteiger partial charge in [0, 0.05) is 17.0 Å². The van der Waals surface area contributed by atoms with Gasteiger partial charge in [0.15, 0.2) is 5.54 Å². The number of imide groups is 1. The van der Waals surface area contributed by atoms with Gasteiger partial charge in [-0.15, -0.1) is 0 Å². The maximum absolute atomic E-state index is 14.6. The number of rotatable bonds is 3. The van der Waals surface area contributed by atoms with E-state index in [-0.39, 0.29) is 22.7 Å². The highest BCUT2D eigenvalue weighted by molar-refractivity contribution is 6.32. The summed E-state index contributed by atoms with van der Waals surface area (Å²) in [6.07, 6.45) is -3.16. The molecule has 0 spiro atoms. The Bertz CT molecular complexity index is 1330. The fraction of sp³-hybridized carbons (Fsp3) is 0.467. The van der Waals surface area contributed by atoms with E-state index in [1.165, 1.54) is 18.2 Å². The van der Waals surface area contributed by atoms with E-state index in [4.69, 9.17) is 25.8 Å². The molecule has 1 N–H and O–H groups in total. The average molecular weight is 588 g/mol. The number of ether oxygens (including phenoxy) is 3. The van der Waals surface area contributed by atoms with Crippen molar-refractivity contribution in [3.63, 3.8) is 0 Å². The van der Waals surface area contributed by atoms with Crippen molar-refractivity contribution in [1.82, 2.24) is 10.4 Å². The lowest BCUT2D eigenvalue weighted by Gasteiger charge is -2.40. The molecule has 1 heterocycles. The van der Waals surface area contributed by atoms with Crippen LogP contribution in [0.3, 0.4) is 0 Å². The minimum atomic E-state index is -2.00. The second kappa shape index (κ2) is 11.2. The lowest BCUT2D eigenvalue weighted by atomic mass is 9.84. The second-order valence-corrected chi connectivity index (χ2v) is 13.2. The van der Waals surface area contributed by atoms with Gasteiger partial charge in [-0.25, -0.2) is 24.7 Å². The summed E-state index contributed by atoms with van der Waals surface area (Å²) in [5.74, 6) is -0.852. The third kappa shape index (κ3) is 7.49. The summed E-state index contributed by atoms with van der Waals surface area (Å²) < 4.78 is 16.7. The van der Waals surface area contributed by atoms with Gasteiger partial charge in [0.2, 0.25) is 0 Å². The Morgan fingerprint density at radius 3 is 1.95 bits per heavy atom. The molecular formula is C30H38ClN3O7. The molecule has 1 aliphatic heterocycles. The highest BCUT2D eigenvalue weighted by Crippen LogP contribution is 2.47. The van der Waals surface area contributed by atoms with Crippen LogP contribution in [0.1, 0.15) is 73.4 Å². The van der Waals surface area contributed by atoms with E-state index in [0.29, 0.717) is 5.56 Å². The zero-order valence-electron chi connectivity index (χ0n) is 25.0. The maximum atomic E-state index is 14.6. The molecule has 11 heteroatoms. The zero-order chi connectivity index (χ0) is 31.0. The molecule has 0 saturated heterocycles. The van der Waals surface area contributed by atoms with Gasteiger partial charge >= 0.3 is 18.3 Å². The van der Waals surface area contributed by atoms with E-state index in [1.54, 1.807) is 92.6 Å². The van der Waals surface area contributed by atoms with Crippen molar-refractivity contribution in [2.75, 3.05) is 4.90 Å². The summed E-state index contributed by atoms with van der Waals surface area (Å²) in [4.78, 5) is 56.0. The first-order valence-electron chi connectivity index (χ1n) is 13.2. The van der Waals surface area contributed by atoms with Crippen molar-refractivity contribution < 1.29 is 33.4 Å². The lowest BCUT2D eigenvalue weighted by Crippen LogP contribution is -2.64. The predicted molar refractivity (Wildman–Crippen MR) is 154 cm³/mol. The SMILES string of the molecule is CC(C)(C)OC(=O)NN(C(=O)OC(C)(C)C)[C@@]1(Cc2ccccc2)C(=O)N(C(=O)OC(C)(C)C)c2cc(Cl)ccc21. The molecule has 41 heavy (non-hydrogen) atoms. The van der Waals surface area contributed by atoms with E-state index in [9.17, 15) is 19.2 Å². The number of benzene rings is 2. The third-order valence-electron chi connectivity index (χ3n) is 5.64. The Kier molecular flexibility index (Phi) is 8.70. The first-order valence-corrected chi connectivity index (χ1v) is 13.6. The van der Waals surface area contributed by atoms with Crippen LogP contribution in [0.25, 0.3) is 0 Å². The van der Waals surface area contributed by atoms with Crippen LogP contribution in [0.5, 0.6) is 0 Å². The van der Waals surface area contributed by atoms with Gasteiger partial charge in [-0.2, -0.15) is 5.01 Å². The van der Waals surface area contributed by atoms with Crippen LogP contribution >= 0.6 is 11.6 Å². The van der Waals surface area contributed by atoms with Gasteiger partial charge in [-0.05, 0) is 80.0 Å². The molecule has 222 valence electrons. The molecule has 0 bridgehead atoms. The molecule has 0 fully saturated rings. The van der Waals surface area contributed by atoms with Gasteiger partial charge in [0.1, 0.15) is 16.8 Å². The Morgan fingerprint density at radius 2 is 1.41 bits per heavy atom. The van der Waals surface area contributed by atoms with Crippen LogP contribution in [-0.4, -0.2) is 46.0 Å². The Hall–Kier alpha value is -3.79. The van der Waals surface area contributed by atoms with E-state index in [0.717, 1.165) is 9.91 Å². The molecular weight excluding hydrogens is 550 g/mol. The third-order valence-corrected chi connectivity index (χ3v) is 5.88. The molecule has 10 nitrogen and oxygen atoms in total. The van der Waals surface area contributed by atoms with Crippen molar-refractivity contribution in [3.8, 4) is 0 Å². The summed E-state index contributed by atoms with van der Waals surface area (Å²) in [6, 6.07) is 13.4. The van der Waals surface area contributed by atoms with E-state index in [2.05, 4.69) is 5.43 Å². The molecule has 0 unspecified atom stereocenters. The average Bonchev–Trinajstić information content (AvgIpc) is 3.02. The molecule has 2 aromatic rings. The van der Waals surface area contributed by atoms with Crippen molar-refractivity contribution in [1.29, 1.82) is 0 Å². The van der Waals surface area contributed by atoms with Gasteiger partial charge in [-0.3, -0.25) is 4.79 Å². The number of hydrogen-bond donors (Lipinski definition) is 1. The molecule has 0 aliphatic carbocycles. The van der Waals surface area contributed by atoms with Crippen LogP contribution in [0.15, 0.2) is 48.5 Å². The van der Waals surface area contributed by atoms with Crippen LogP contribution in [0.2, 0.25) is 5.02 Å². The van der Waals surface area contributed by atoms with Crippen LogP contribution < -0.4 is 10.3 Å². The quantitative estimate of drug-likeness (QED) is 0.312. The normalized spacial score (nSPS) is 17.0. The fourth-order valence-corrected chi connectivity index (χ4v) is 4.46. The highest BCUT2D eigenvalue weighted by atomic mass is 35.5. The van der Waals surface area contributed by atoms with Gasteiger partial charge in [0.25, 0.3) is 5.91 Å². The largest absolute Gasteiger partial charge is 0.443 e. The molecule has 1 aliphatic rings. The van der Waals surface area contributed by atoms with Gasteiger partial charge < -0.3 is 14.2 Å². The first-order chi connectivity index (χ1) is 18.7. The zero-order valence-corrected chi connectivity index (χ0v) is 25.7. The molecule has 3 rings (SSSR count). The number of halogens is 1. The molecule has 0 saturated carbocycles. The number of carbonyl (C=O) groups excluding carboxylic acids is 4. The van der Waals surface area contributed by atoms with E-state index < -0.39 is 46.5 Å². The van der Waals surface area contributed by atoms with E-state index in [1.807, 2.05) is 0 Å². The molecule has 2 aromatic carbocycles. The Labute approximate surface area is 245 Å². The lowest BCUT2D eigenvalue weighted by molar-refractivity contribution is -0.132. The Morgan fingerprint density at radius 1 is 0.854 bits per heavy atom. The minimum absolute atomic E-state index is 0.104. The van der Waals surface area contributed by atoms with Crippen LogP contribution in [0, 0.1) is 0 Å². The summed E-state index contributed by atoms with van der Waals surface area (Å²) >= 11 is 6.33. The standard InChI is InChI=1S/C30H38ClN3O7/c1-27(2,3)39-24(36)32-34(26(38)41-29(7,8)9)30(18-19-13-11-10-12-14-19)21-16-15-20(31)17-22(21)33(23(30)35)25(37)40-28(4,5)6/h10-17H,18H2,1-9H3,(H,32,36)/t30-/m1/s1. The number of nitrogens with one attached hydrogen (secondary N) is 1. The monoisotopic (exact) mass is 587 g/mol. The smallest absolute Gasteiger partial charge is 0.430 e. The molecule has 1 atom stereocenters. The summed E-state index contributed by atoms with van der Waals surface area (Å²) in [7, 11) is 0. The van der Waals surface area contributed by atoms with Crippen molar-refractivity contribution in [3.05, 3.63) is 64.7 Å². The van der Waals surface area contributed by atoms with E-state index >= 15 is 0 Å². The molecule has 0 aromatic heterocycles. The first kappa shape index (κ1) is 31.7. The van der Waals surface area contributed by atoms with Crippen molar-refractivity contribution in [2.45, 2.75) is 91.1 Å². The topological polar surface area (TPSA) is 114 Å². The summed E-state index contributed by atoms with van der Waals surface area (Å²) in [6.45, 7) is 14.9. The Balaban J connectivity index is 2.33. The number of hydrogen-bond acceptors (Lipinski definition) is 7. The number of nitrogens with zero attached hydrogens (tertiary/aromatic N) is 2. The highest BCUT2D eigenvalue weighted by Gasteiger charge is 2.60. The van der Waals surface area contributed by atoms with Gasteiger partial charge in [0.05, 0.1) is 5.69 Å². The second-order valence-electron chi connectivity index (χ2n) is 12.7. The maximum Gasteiger partial charge on any atom is 0.430 e. The van der Waals surface area contributed by atoms with Gasteiger partial charge in [-0.1, -0.05) is 48.0 Å². The molecule has 0 radical (unpaired) electrons. The van der Waals surface area contributed by atoms with Crippen molar-refractivity contribution in [2.24, 2.45) is 0 Å². The number of fused-ring (bicyclic) bond motifs is 1. The molecule has 4 amide bonds. The predicted octanol–water partition coefficient (Wildman–Crippen LogP) is 6.74. The number of hydrazine groups is 1. The fourth-order valence-electron chi connectivity index (χ4n) is 4.29. The number of amides is 4. The van der Waals surface area contributed by atoms with Crippen LogP contribution in [0.4, 0.5) is 20.1 Å². The summed E-state index contributed by atoms with van der Waals surface area (Å²) in [5.41, 5.74) is -1.46. The van der Waals surface area contributed by atoms with Crippen molar-refractivity contribution >= 4 is 41.5 Å². The van der Waals surface area contributed by atoms with Crippen LogP contribution in [-0.2, 0) is 31.0 Å². The summed E-state index contributed by atoms with van der Waals surface area (Å²) in [5, 5.41) is 1.04. The minimum Gasteiger partial charge on any atom is -0.443 e. The number of anilines is 1.